The number of rotatable bonds is 5. The quantitative estimate of drug-likeness (QED) is 0.835. The van der Waals surface area contributed by atoms with E-state index in [2.05, 4.69) is 20.3 Å². The van der Waals surface area contributed by atoms with E-state index < -0.39 is 18.7 Å². The average Bonchev–Trinajstić information content (AvgIpc) is 2.62. The van der Waals surface area contributed by atoms with Gasteiger partial charge in [0.2, 0.25) is 9.47 Å². The predicted octanol–water partition coefficient (Wildman–Crippen LogP) is 1.50. The number of nitrogens with one attached hydrogen (secondary N) is 1. The van der Waals surface area contributed by atoms with Crippen LogP contribution >= 0.6 is 22.9 Å². The Morgan fingerprint density at radius 3 is 2.71 bits per heavy atom. The molecular weight excluding hydrogens is 283 g/mol. The fourth-order valence-electron chi connectivity index (χ4n) is 0.797. The molecule has 0 spiro atoms. The first-order chi connectivity index (χ1) is 7.88. The van der Waals surface area contributed by atoms with Crippen LogP contribution in [-0.2, 0) is 4.74 Å². The molecule has 1 aromatic rings. The number of hydrogen-bond acceptors (Lipinski definition) is 5. The Labute approximate surface area is 103 Å². The highest BCUT2D eigenvalue weighted by molar-refractivity contribution is 7.17. The highest BCUT2D eigenvalue weighted by Gasteiger charge is 2.27. The summed E-state index contributed by atoms with van der Waals surface area (Å²) in [5, 5.41) is 9.23. The first-order valence-electron chi connectivity index (χ1n) is 4.30. The Kier molecular flexibility index (Phi) is 5.09. The van der Waals surface area contributed by atoms with Crippen LogP contribution in [0.25, 0.3) is 0 Å². The van der Waals surface area contributed by atoms with E-state index in [0.29, 0.717) is 0 Å². The van der Waals surface area contributed by atoms with Gasteiger partial charge in [-0.2, -0.15) is 13.2 Å². The van der Waals surface area contributed by atoms with Gasteiger partial charge in [0.25, 0.3) is 5.91 Å². The van der Waals surface area contributed by atoms with Crippen LogP contribution in [0.4, 0.5) is 13.2 Å². The van der Waals surface area contributed by atoms with Crippen LogP contribution in [0.1, 0.15) is 9.80 Å². The molecule has 1 heterocycles. The average molecular weight is 290 g/mol. The van der Waals surface area contributed by atoms with Crippen molar-refractivity contribution in [1.82, 2.24) is 15.5 Å². The lowest BCUT2D eigenvalue weighted by Gasteiger charge is -2.07. The van der Waals surface area contributed by atoms with E-state index in [1.165, 1.54) is 0 Å². The normalized spacial score (nSPS) is 11.5. The second-order valence-corrected chi connectivity index (χ2v) is 4.34. The SMILES string of the molecule is O=C(NCCOCC(F)(F)F)c1nnc(Cl)s1. The second kappa shape index (κ2) is 6.12. The third-order valence-electron chi connectivity index (χ3n) is 1.39. The van der Waals surface area contributed by atoms with Crippen molar-refractivity contribution in [2.45, 2.75) is 6.18 Å². The molecule has 1 N–H and O–H groups in total. The Hall–Kier alpha value is -0.930. The minimum Gasteiger partial charge on any atom is -0.370 e. The van der Waals surface area contributed by atoms with Crippen molar-refractivity contribution in [3.63, 3.8) is 0 Å². The lowest BCUT2D eigenvalue weighted by molar-refractivity contribution is -0.173. The number of carbonyl (C=O) groups is 1. The number of nitrogens with zero attached hydrogens (tertiary/aromatic N) is 2. The molecule has 1 amide bonds. The van der Waals surface area contributed by atoms with Crippen LogP contribution in [0.5, 0.6) is 0 Å². The fourth-order valence-corrected chi connectivity index (χ4v) is 1.54. The number of aromatic nitrogens is 2. The molecule has 17 heavy (non-hydrogen) atoms. The van der Waals surface area contributed by atoms with E-state index in [9.17, 15) is 18.0 Å². The third-order valence-corrected chi connectivity index (χ3v) is 2.41. The molecule has 0 aromatic carbocycles. The minimum atomic E-state index is -4.36. The van der Waals surface area contributed by atoms with Gasteiger partial charge in [0, 0.05) is 6.54 Å². The largest absolute Gasteiger partial charge is 0.411 e. The van der Waals surface area contributed by atoms with Crippen molar-refractivity contribution in [3.8, 4) is 0 Å². The summed E-state index contributed by atoms with van der Waals surface area (Å²) in [6, 6.07) is 0. The van der Waals surface area contributed by atoms with E-state index in [0.717, 1.165) is 11.3 Å². The summed E-state index contributed by atoms with van der Waals surface area (Å²) in [7, 11) is 0. The number of carbonyl (C=O) groups excluding carboxylic acids is 1. The molecule has 1 aromatic heterocycles. The maximum absolute atomic E-state index is 11.7. The number of halogens is 4. The number of amides is 1. The van der Waals surface area contributed by atoms with Gasteiger partial charge in [0.15, 0.2) is 0 Å². The maximum Gasteiger partial charge on any atom is 0.411 e. The molecule has 0 aliphatic heterocycles. The van der Waals surface area contributed by atoms with Gasteiger partial charge in [-0.1, -0.05) is 11.3 Å². The zero-order chi connectivity index (χ0) is 12.9. The standard InChI is InChI=1S/C7H7ClF3N3O2S/c8-6-14-13-5(17-6)4(15)12-1-2-16-3-7(9,10)11/h1-3H2,(H,12,15). The third kappa shape index (κ3) is 5.80. The van der Waals surface area contributed by atoms with Gasteiger partial charge < -0.3 is 10.1 Å². The first kappa shape index (κ1) is 14.1. The van der Waals surface area contributed by atoms with Gasteiger partial charge in [-0.05, 0) is 11.6 Å². The highest BCUT2D eigenvalue weighted by atomic mass is 35.5. The second-order valence-electron chi connectivity index (χ2n) is 2.78. The zero-order valence-corrected chi connectivity index (χ0v) is 9.82. The van der Waals surface area contributed by atoms with Gasteiger partial charge in [-0.3, -0.25) is 4.79 Å². The van der Waals surface area contributed by atoms with Crippen LogP contribution in [-0.4, -0.2) is 42.0 Å². The van der Waals surface area contributed by atoms with Gasteiger partial charge in [0.1, 0.15) is 6.61 Å². The smallest absolute Gasteiger partial charge is 0.370 e. The van der Waals surface area contributed by atoms with Crippen molar-refractivity contribution >= 4 is 28.8 Å². The zero-order valence-electron chi connectivity index (χ0n) is 8.25. The summed E-state index contributed by atoms with van der Waals surface area (Å²) in [6.45, 7) is -1.63. The minimum absolute atomic E-state index is 0.0471. The van der Waals surface area contributed by atoms with Crippen molar-refractivity contribution in [2.75, 3.05) is 19.8 Å². The van der Waals surface area contributed by atoms with Crippen molar-refractivity contribution in [1.29, 1.82) is 0 Å². The molecule has 96 valence electrons. The van der Waals surface area contributed by atoms with Crippen LogP contribution in [0.2, 0.25) is 4.47 Å². The summed E-state index contributed by atoms with van der Waals surface area (Å²) in [5.41, 5.74) is 0. The summed E-state index contributed by atoms with van der Waals surface area (Å²) in [6.07, 6.45) is -4.36. The summed E-state index contributed by atoms with van der Waals surface area (Å²) < 4.78 is 39.4. The van der Waals surface area contributed by atoms with Crippen LogP contribution < -0.4 is 5.32 Å². The van der Waals surface area contributed by atoms with Crippen LogP contribution in [0.3, 0.4) is 0 Å². The van der Waals surface area contributed by atoms with Gasteiger partial charge >= 0.3 is 6.18 Å². The van der Waals surface area contributed by atoms with E-state index in [1.54, 1.807) is 0 Å². The van der Waals surface area contributed by atoms with Crippen LogP contribution in [0.15, 0.2) is 0 Å². The monoisotopic (exact) mass is 289 g/mol. The molecule has 1 rings (SSSR count). The lowest BCUT2D eigenvalue weighted by Crippen LogP contribution is -2.28. The van der Waals surface area contributed by atoms with E-state index in [-0.39, 0.29) is 22.6 Å². The van der Waals surface area contributed by atoms with Gasteiger partial charge in [-0.25, -0.2) is 0 Å². The number of hydrogen-bond donors (Lipinski definition) is 1. The molecule has 0 aliphatic carbocycles. The molecule has 0 unspecified atom stereocenters. The van der Waals surface area contributed by atoms with Gasteiger partial charge in [-0.15, -0.1) is 10.2 Å². The summed E-state index contributed by atoms with van der Waals surface area (Å²) >= 11 is 6.33. The molecule has 0 bridgehead atoms. The fraction of sp³-hybridized carbons (Fsp3) is 0.571. The molecule has 0 saturated carbocycles. The topological polar surface area (TPSA) is 64.1 Å². The van der Waals surface area contributed by atoms with Crippen LogP contribution in [0, 0.1) is 0 Å². The molecule has 5 nitrogen and oxygen atoms in total. The van der Waals surface area contributed by atoms with Crippen molar-refractivity contribution in [3.05, 3.63) is 9.47 Å². The Balaban J connectivity index is 2.17. The van der Waals surface area contributed by atoms with E-state index >= 15 is 0 Å². The highest BCUT2D eigenvalue weighted by Crippen LogP contribution is 2.15. The maximum atomic E-state index is 11.7. The molecule has 0 aliphatic rings. The lowest BCUT2D eigenvalue weighted by atomic mass is 10.6. The van der Waals surface area contributed by atoms with Crippen molar-refractivity contribution in [2.24, 2.45) is 0 Å². The number of ether oxygens (including phenoxy) is 1. The molecular formula is C7H7ClF3N3O2S. The summed E-state index contributed by atoms with van der Waals surface area (Å²) in [5.74, 6) is -0.551. The molecule has 0 fully saturated rings. The number of alkyl halides is 3. The van der Waals surface area contributed by atoms with E-state index in [1.807, 2.05) is 0 Å². The van der Waals surface area contributed by atoms with Crippen molar-refractivity contribution < 1.29 is 22.7 Å². The first-order valence-corrected chi connectivity index (χ1v) is 5.49. The molecule has 10 heteroatoms. The Morgan fingerprint density at radius 1 is 1.47 bits per heavy atom. The van der Waals surface area contributed by atoms with Gasteiger partial charge in [0.05, 0.1) is 6.61 Å². The predicted molar refractivity (Wildman–Crippen MR) is 54.1 cm³/mol. The molecule has 0 saturated heterocycles. The van der Waals surface area contributed by atoms with E-state index in [4.69, 9.17) is 11.6 Å². The molecule has 0 radical (unpaired) electrons. The Bertz CT molecular complexity index is 385. The molecule has 0 atom stereocenters. The Morgan fingerprint density at radius 2 is 2.18 bits per heavy atom. The summed E-state index contributed by atoms with van der Waals surface area (Å²) in [4.78, 5) is 11.3.